The molecule has 2 rings (SSSR count). The van der Waals surface area contributed by atoms with Crippen LogP contribution in [0.4, 0.5) is 0 Å². The molecule has 19 heavy (non-hydrogen) atoms. The Morgan fingerprint density at radius 2 is 2.05 bits per heavy atom. The number of hydrogen-bond acceptors (Lipinski definition) is 1. The molecule has 0 aliphatic carbocycles. The average molecular weight is 262 g/mol. The van der Waals surface area contributed by atoms with Crippen molar-refractivity contribution in [3.05, 3.63) is 42.5 Å². The third kappa shape index (κ3) is 4.37. The summed E-state index contributed by atoms with van der Waals surface area (Å²) in [6.45, 7) is 10.5. The van der Waals surface area contributed by atoms with Gasteiger partial charge in [0.2, 0.25) is 0 Å². The highest BCUT2D eigenvalue weighted by atomic mass is 16.5. The van der Waals surface area contributed by atoms with Gasteiger partial charge in [-0.25, -0.2) is 0 Å². The number of para-hydroxylation sites is 1. The van der Waals surface area contributed by atoms with Crippen LogP contribution in [0.2, 0.25) is 0 Å². The van der Waals surface area contributed by atoms with Gasteiger partial charge in [0, 0.05) is 12.0 Å². The standard InChI is InChI=1S/C16H24N2O/c1-3-13-19-16-8-5-4-7-15(16)14-18-10-6-9-17(2)11-12-18/h3-5,7-8H,1,6,9-14H2,2H3/p+2. The zero-order valence-electron chi connectivity index (χ0n) is 12.0. The van der Waals surface area contributed by atoms with Gasteiger partial charge in [0.1, 0.15) is 32.0 Å². The highest BCUT2D eigenvalue weighted by Gasteiger charge is 2.18. The van der Waals surface area contributed by atoms with Gasteiger partial charge in [-0.2, -0.15) is 0 Å². The molecule has 0 bridgehead atoms. The van der Waals surface area contributed by atoms with E-state index >= 15 is 0 Å². The average Bonchev–Trinajstić information content (AvgIpc) is 2.63. The van der Waals surface area contributed by atoms with Crippen molar-refractivity contribution in [2.24, 2.45) is 0 Å². The van der Waals surface area contributed by atoms with Gasteiger partial charge in [-0.3, -0.25) is 0 Å². The molecule has 0 spiro atoms. The molecular formula is C16H26N2O+2. The van der Waals surface area contributed by atoms with E-state index in [1.807, 2.05) is 6.07 Å². The van der Waals surface area contributed by atoms with Crippen LogP contribution in [-0.4, -0.2) is 39.8 Å². The quantitative estimate of drug-likeness (QED) is 0.688. The zero-order chi connectivity index (χ0) is 13.5. The predicted molar refractivity (Wildman–Crippen MR) is 77.8 cm³/mol. The summed E-state index contributed by atoms with van der Waals surface area (Å²) in [4.78, 5) is 3.33. The highest BCUT2D eigenvalue weighted by molar-refractivity contribution is 5.32. The van der Waals surface area contributed by atoms with Crippen LogP contribution in [0, 0.1) is 0 Å². The molecule has 104 valence electrons. The maximum absolute atomic E-state index is 5.74. The van der Waals surface area contributed by atoms with Crippen molar-refractivity contribution >= 4 is 0 Å². The van der Waals surface area contributed by atoms with Crippen molar-refractivity contribution < 1.29 is 14.5 Å². The largest absolute Gasteiger partial charge is 0.489 e. The smallest absolute Gasteiger partial charge is 0.128 e. The third-order valence-corrected chi connectivity index (χ3v) is 3.81. The monoisotopic (exact) mass is 262 g/mol. The number of quaternary nitrogens is 2. The lowest BCUT2D eigenvalue weighted by molar-refractivity contribution is -0.938. The number of benzene rings is 1. The second-order valence-corrected chi connectivity index (χ2v) is 5.44. The molecule has 1 aromatic carbocycles. The van der Waals surface area contributed by atoms with Gasteiger partial charge in [-0.05, 0) is 12.1 Å². The van der Waals surface area contributed by atoms with Crippen molar-refractivity contribution in [3.63, 3.8) is 0 Å². The molecule has 1 saturated heterocycles. The Morgan fingerprint density at radius 3 is 2.89 bits per heavy atom. The minimum Gasteiger partial charge on any atom is -0.489 e. The Kier molecular flexibility index (Phi) is 5.43. The summed E-state index contributed by atoms with van der Waals surface area (Å²) in [5.41, 5.74) is 1.32. The van der Waals surface area contributed by atoms with Crippen LogP contribution in [-0.2, 0) is 6.54 Å². The molecular weight excluding hydrogens is 236 g/mol. The minimum atomic E-state index is 0.583. The van der Waals surface area contributed by atoms with Crippen LogP contribution in [0.1, 0.15) is 12.0 Å². The van der Waals surface area contributed by atoms with Gasteiger partial charge in [-0.1, -0.05) is 24.8 Å². The fourth-order valence-corrected chi connectivity index (χ4v) is 2.67. The van der Waals surface area contributed by atoms with Crippen LogP contribution in [0.15, 0.2) is 36.9 Å². The number of rotatable bonds is 5. The summed E-state index contributed by atoms with van der Waals surface area (Å²) in [7, 11) is 2.30. The second-order valence-electron chi connectivity index (χ2n) is 5.44. The Bertz CT molecular complexity index is 405. The summed E-state index contributed by atoms with van der Waals surface area (Å²) in [5, 5.41) is 0. The van der Waals surface area contributed by atoms with Gasteiger partial charge in [0.25, 0.3) is 0 Å². The fourth-order valence-electron chi connectivity index (χ4n) is 2.67. The van der Waals surface area contributed by atoms with Crippen molar-refractivity contribution in [1.82, 2.24) is 0 Å². The maximum atomic E-state index is 5.74. The first-order chi connectivity index (χ1) is 9.29. The molecule has 0 aromatic heterocycles. The lowest BCUT2D eigenvalue weighted by Gasteiger charge is -2.18. The van der Waals surface area contributed by atoms with Crippen LogP contribution in [0.3, 0.4) is 0 Å². The third-order valence-electron chi connectivity index (χ3n) is 3.81. The van der Waals surface area contributed by atoms with Crippen molar-refractivity contribution in [3.8, 4) is 5.75 Å². The number of likely N-dealkylation sites (N-methyl/N-ethyl adjacent to an activating group) is 1. The first-order valence-corrected chi connectivity index (χ1v) is 7.26. The summed E-state index contributed by atoms with van der Waals surface area (Å²) in [6.07, 6.45) is 3.12. The topological polar surface area (TPSA) is 18.1 Å². The number of ether oxygens (including phenoxy) is 1. The fraction of sp³-hybridized carbons (Fsp3) is 0.500. The second kappa shape index (κ2) is 7.31. The van der Waals surface area contributed by atoms with E-state index < -0.39 is 0 Å². The molecule has 0 saturated carbocycles. The summed E-state index contributed by atoms with van der Waals surface area (Å²) in [5.74, 6) is 1.01. The van der Waals surface area contributed by atoms with E-state index in [1.165, 1.54) is 38.2 Å². The van der Waals surface area contributed by atoms with E-state index in [0.29, 0.717) is 6.61 Å². The molecule has 3 heteroatoms. The van der Waals surface area contributed by atoms with Crippen molar-refractivity contribution in [1.29, 1.82) is 0 Å². The summed E-state index contributed by atoms with van der Waals surface area (Å²) < 4.78 is 5.74. The number of hydrogen-bond donors (Lipinski definition) is 2. The van der Waals surface area contributed by atoms with E-state index in [1.54, 1.807) is 15.9 Å². The molecule has 0 radical (unpaired) electrons. The number of nitrogens with one attached hydrogen (secondary N) is 2. The van der Waals surface area contributed by atoms with E-state index in [-0.39, 0.29) is 0 Å². The van der Waals surface area contributed by atoms with E-state index in [9.17, 15) is 0 Å². The maximum Gasteiger partial charge on any atom is 0.128 e. The molecule has 2 unspecified atom stereocenters. The molecule has 2 N–H and O–H groups in total. The molecule has 3 nitrogen and oxygen atoms in total. The lowest BCUT2D eigenvalue weighted by atomic mass is 10.2. The Hall–Kier alpha value is -1.32. The van der Waals surface area contributed by atoms with Crippen LogP contribution < -0.4 is 14.5 Å². The Morgan fingerprint density at radius 1 is 1.21 bits per heavy atom. The van der Waals surface area contributed by atoms with Gasteiger partial charge in [0.15, 0.2) is 0 Å². The molecule has 2 atom stereocenters. The van der Waals surface area contributed by atoms with Gasteiger partial charge >= 0.3 is 0 Å². The minimum absolute atomic E-state index is 0.583. The van der Waals surface area contributed by atoms with Crippen LogP contribution in [0.5, 0.6) is 5.75 Å². The first-order valence-electron chi connectivity index (χ1n) is 7.26. The lowest BCUT2D eigenvalue weighted by Crippen LogP contribution is -3.15. The SMILES string of the molecule is C=CCOc1ccccc1C[NH+]1CCC[NH+](C)CC1. The van der Waals surface area contributed by atoms with E-state index in [4.69, 9.17) is 4.74 Å². The molecule has 0 amide bonds. The van der Waals surface area contributed by atoms with Crippen LogP contribution >= 0.6 is 0 Å². The van der Waals surface area contributed by atoms with Gasteiger partial charge in [0.05, 0.1) is 20.1 Å². The molecule has 1 aromatic rings. The van der Waals surface area contributed by atoms with Gasteiger partial charge < -0.3 is 14.5 Å². The molecule has 1 fully saturated rings. The molecule has 1 aliphatic rings. The van der Waals surface area contributed by atoms with Crippen molar-refractivity contribution in [2.75, 3.05) is 39.8 Å². The molecule has 1 aliphatic heterocycles. The van der Waals surface area contributed by atoms with E-state index in [0.717, 1.165) is 12.3 Å². The predicted octanol–water partition coefficient (Wildman–Crippen LogP) is -0.445. The first kappa shape index (κ1) is 14.1. The Balaban J connectivity index is 1.99. The Labute approximate surface area is 116 Å². The van der Waals surface area contributed by atoms with E-state index in [2.05, 4.69) is 31.8 Å². The normalized spacial score (nSPS) is 23.6. The van der Waals surface area contributed by atoms with Gasteiger partial charge in [-0.15, -0.1) is 0 Å². The summed E-state index contributed by atoms with van der Waals surface area (Å²) >= 11 is 0. The zero-order valence-corrected chi connectivity index (χ0v) is 12.0. The summed E-state index contributed by atoms with van der Waals surface area (Å²) in [6, 6.07) is 8.39. The van der Waals surface area contributed by atoms with Crippen molar-refractivity contribution in [2.45, 2.75) is 13.0 Å². The highest BCUT2D eigenvalue weighted by Crippen LogP contribution is 2.16. The van der Waals surface area contributed by atoms with Crippen LogP contribution in [0.25, 0.3) is 0 Å². The molecule has 1 heterocycles.